The van der Waals surface area contributed by atoms with Crippen molar-refractivity contribution in [1.29, 1.82) is 0 Å². The lowest BCUT2D eigenvalue weighted by Gasteiger charge is -1.85. The Balaban J connectivity index is 3.60. The Bertz CT molecular complexity index is 120. The molecule has 0 fully saturated rings. The topological polar surface area (TPSA) is 63.6 Å². The van der Waals surface area contributed by atoms with Crippen LogP contribution in [-0.2, 0) is 14.0 Å². The highest BCUT2D eigenvalue weighted by Crippen LogP contribution is 2.09. The Hall–Kier alpha value is 0.570. The second-order valence-electron chi connectivity index (χ2n) is 0.570. The molecule has 0 atom stereocenters. The van der Waals surface area contributed by atoms with Gasteiger partial charge in [0.05, 0.1) is 11.1 Å². The fourth-order valence-electron chi connectivity index (χ4n) is 0.0385. The number of hydrogen-bond acceptors (Lipinski definition) is 5. The van der Waals surface area contributed by atoms with E-state index in [1.54, 1.807) is 0 Å². The van der Waals surface area contributed by atoms with E-state index in [2.05, 4.69) is 15.3 Å². The molecule has 4 nitrogen and oxygen atoms in total. The minimum atomic E-state index is -4.29. The maximum Gasteiger partial charge on any atom is 0.409 e. The van der Waals surface area contributed by atoms with Crippen molar-refractivity contribution in [1.82, 2.24) is 0 Å². The van der Waals surface area contributed by atoms with Crippen molar-refractivity contribution in [2.45, 2.75) is 0 Å². The van der Waals surface area contributed by atoms with Crippen molar-refractivity contribution in [2.75, 3.05) is 0 Å². The van der Waals surface area contributed by atoms with Crippen LogP contribution in [0.3, 0.4) is 0 Å². The van der Waals surface area contributed by atoms with Crippen molar-refractivity contribution in [2.24, 2.45) is 0 Å². The molecule has 0 aromatic carbocycles. The van der Waals surface area contributed by atoms with Crippen LogP contribution in [0.25, 0.3) is 0 Å². The zero-order chi connectivity index (χ0) is 5.91. The number of rotatable bonds is 2. The first-order valence-corrected chi connectivity index (χ1v) is 4.19. The summed E-state index contributed by atoms with van der Waals surface area (Å²) in [5.74, 6) is 0. The summed E-state index contributed by atoms with van der Waals surface area (Å²) in [6.45, 7) is 0. The van der Waals surface area contributed by atoms with Crippen molar-refractivity contribution in [3.8, 4) is 0 Å². The molecule has 0 aromatic rings. The molecule has 0 bridgehead atoms. The van der Waals surface area contributed by atoms with Crippen LogP contribution >= 0.6 is 22.7 Å². The van der Waals surface area contributed by atoms with Crippen LogP contribution in [0.4, 0.5) is 0 Å². The van der Waals surface area contributed by atoms with Crippen molar-refractivity contribution in [3.05, 3.63) is 0 Å². The van der Waals surface area contributed by atoms with E-state index in [4.69, 9.17) is 4.55 Å². The standard InChI is InChI=1S/H2O4S3/c1-7(2,3)4-6-5/h5H,(H,1,2,3). The summed E-state index contributed by atoms with van der Waals surface area (Å²) in [5.41, 5.74) is 0. The third-order valence-corrected chi connectivity index (χ3v) is 1.60. The zero-order valence-electron chi connectivity index (χ0n) is 2.94. The minimum absolute atomic E-state index is 0.265. The van der Waals surface area contributed by atoms with E-state index in [9.17, 15) is 8.42 Å². The van der Waals surface area contributed by atoms with Gasteiger partial charge in [-0.15, -0.1) is 0 Å². The highest BCUT2D eigenvalue weighted by Gasteiger charge is 2.00. The van der Waals surface area contributed by atoms with Crippen LogP contribution in [0.2, 0.25) is 0 Å². The molecule has 0 aromatic heterocycles. The maximum absolute atomic E-state index is 9.49. The molecule has 44 valence electrons. The summed E-state index contributed by atoms with van der Waals surface area (Å²) >= 11 is 3.53. The Kier molecular flexibility index (Phi) is 3.00. The van der Waals surface area contributed by atoms with Gasteiger partial charge in [-0.1, -0.05) is 11.7 Å². The van der Waals surface area contributed by atoms with Crippen LogP contribution in [0.1, 0.15) is 0 Å². The molecule has 0 unspecified atom stereocenters. The summed E-state index contributed by atoms with van der Waals surface area (Å²) in [4.78, 5) is 0. The number of hydrogen-bond donors (Lipinski definition) is 2. The molecule has 0 aliphatic carbocycles. The fourth-order valence-corrected chi connectivity index (χ4v) is 1.04. The lowest BCUT2D eigenvalue weighted by atomic mass is 15.8. The molecule has 7 heavy (non-hydrogen) atoms. The van der Waals surface area contributed by atoms with Gasteiger partial charge >= 0.3 is 10.4 Å². The van der Waals surface area contributed by atoms with Gasteiger partial charge in [0.1, 0.15) is 0 Å². The Morgan fingerprint density at radius 2 is 2.14 bits per heavy atom. The SMILES string of the molecule is O=S(=O)(O)OSS. The van der Waals surface area contributed by atoms with Gasteiger partial charge in [0.2, 0.25) is 0 Å². The summed E-state index contributed by atoms with van der Waals surface area (Å²) in [5, 5.41) is 0. The molecular weight excluding hydrogens is 160 g/mol. The first kappa shape index (κ1) is 7.57. The third-order valence-electron chi connectivity index (χ3n) is 0.116. The summed E-state index contributed by atoms with van der Waals surface area (Å²) in [6.07, 6.45) is 0. The predicted molar refractivity (Wildman–Crippen MR) is 29.2 cm³/mol. The van der Waals surface area contributed by atoms with Gasteiger partial charge in [0.25, 0.3) is 0 Å². The first-order valence-electron chi connectivity index (χ1n) is 1.03. The highest BCUT2D eigenvalue weighted by atomic mass is 33.1. The largest absolute Gasteiger partial charge is 0.409 e. The van der Waals surface area contributed by atoms with Crippen molar-refractivity contribution in [3.63, 3.8) is 0 Å². The smallest absolute Gasteiger partial charge is 0.263 e. The number of thiol groups is 1. The molecule has 0 aliphatic heterocycles. The van der Waals surface area contributed by atoms with Gasteiger partial charge in [-0.25, -0.2) is 0 Å². The maximum atomic E-state index is 9.49. The Labute approximate surface area is 50.2 Å². The quantitative estimate of drug-likeness (QED) is 0.264. The van der Waals surface area contributed by atoms with Crippen LogP contribution < -0.4 is 0 Å². The van der Waals surface area contributed by atoms with Crippen LogP contribution in [0.15, 0.2) is 0 Å². The second-order valence-corrected chi connectivity index (χ2v) is 2.57. The van der Waals surface area contributed by atoms with Gasteiger partial charge in [-0.2, -0.15) is 12.0 Å². The van der Waals surface area contributed by atoms with Gasteiger partial charge in [-0.05, 0) is 0 Å². The van der Waals surface area contributed by atoms with E-state index in [1.807, 2.05) is 0 Å². The zero-order valence-corrected chi connectivity index (χ0v) is 5.46. The molecular formula is H2O4S3. The van der Waals surface area contributed by atoms with Gasteiger partial charge in [-0.3, -0.25) is 4.55 Å². The average molecular weight is 162 g/mol. The van der Waals surface area contributed by atoms with Crippen LogP contribution in [0.5, 0.6) is 0 Å². The molecule has 0 amide bonds. The molecule has 1 N–H and O–H groups in total. The van der Waals surface area contributed by atoms with Crippen molar-refractivity contribution < 1.29 is 16.6 Å². The van der Waals surface area contributed by atoms with E-state index >= 15 is 0 Å². The highest BCUT2D eigenvalue weighted by molar-refractivity contribution is 8.67. The summed E-state index contributed by atoms with van der Waals surface area (Å²) in [6, 6.07) is 0. The molecule has 7 heteroatoms. The summed E-state index contributed by atoms with van der Waals surface area (Å²) in [7, 11) is -4.29. The first-order chi connectivity index (χ1) is 3.06. The van der Waals surface area contributed by atoms with E-state index in [0.29, 0.717) is 0 Å². The molecule has 0 aliphatic rings. The van der Waals surface area contributed by atoms with Crippen LogP contribution in [-0.4, -0.2) is 13.0 Å². The third kappa shape index (κ3) is 6.57. The second kappa shape index (κ2) is 2.78. The van der Waals surface area contributed by atoms with Crippen LogP contribution in [0, 0.1) is 0 Å². The van der Waals surface area contributed by atoms with E-state index < -0.39 is 10.4 Å². The van der Waals surface area contributed by atoms with E-state index in [-0.39, 0.29) is 11.1 Å². The predicted octanol–water partition coefficient (Wildman–Crippen LogP) is 0.299. The molecule has 0 saturated carbocycles. The van der Waals surface area contributed by atoms with Gasteiger partial charge in [0.15, 0.2) is 0 Å². The normalized spacial score (nSPS) is 11.7. The average Bonchev–Trinajstić information content (AvgIpc) is 1.30. The molecule has 0 spiro atoms. The lowest BCUT2D eigenvalue weighted by molar-refractivity contribution is 0.409. The molecule has 0 heterocycles. The monoisotopic (exact) mass is 162 g/mol. The fraction of sp³-hybridized carbons (Fsp3) is 0. The molecule has 0 radical (unpaired) electrons. The van der Waals surface area contributed by atoms with Gasteiger partial charge in [0, 0.05) is 0 Å². The van der Waals surface area contributed by atoms with E-state index in [0.717, 1.165) is 0 Å². The lowest BCUT2D eigenvalue weighted by Crippen LogP contribution is -1.94. The van der Waals surface area contributed by atoms with E-state index in [1.165, 1.54) is 0 Å². The molecule has 0 rings (SSSR count). The Morgan fingerprint density at radius 3 is 2.14 bits per heavy atom. The van der Waals surface area contributed by atoms with Crippen molar-refractivity contribution >= 4 is 33.1 Å². The van der Waals surface area contributed by atoms with Gasteiger partial charge < -0.3 is 0 Å². The molecule has 0 saturated heterocycles. The minimum Gasteiger partial charge on any atom is -0.263 e. The Morgan fingerprint density at radius 1 is 1.71 bits per heavy atom. The summed E-state index contributed by atoms with van der Waals surface area (Å²) < 4.78 is 30.2.